The lowest BCUT2D eigenvalue weighted by molar-refractivity contribution is -0.140. The number of aliphatic hydroxyl groups is 1. The van der Waals surface area contributed by atoms with Crippen LogP contribution in [0.3, 0.4) is 0 Å². The van der Waals surface area contributed by atoms with Gasteiger partial charge in [-0.15, -0.1) is 0 Å². The third-order valence-corrected chi connectivity index (χ3v) is 4.96. The van der Waals surface area contributed by atoms with Gasteiger partial charge in [-0.3, -0.25) is 4.79 Å². The van der Waals surface area contributed by atoms with Gasteiger partial charge in [0.2, 0.25) is 10.0 Å². The zero-order valence-electron chi connectivity index (χ0n) is 10.3. The Balaban J connectivity index is 2.44. The fourth-order valence-corrected chi connectivity index (χ4v) is 3.81. The summed E-state index contributed by atoms with van der Waals surface area (Å²) in [7, 11) is -4.06. The van der Waals surface area contributed by atoms with Crippen LogP contribution in [0.15, 0.2) is 29.2 Å². The Bertz CT molecular complexity index is 679. The van der Waals surface area contributed by atoms with E-state index < -0.39 is 28.1 Å². The molecule has 1 aliphatic heterocycles. The van der Waals surface area contributed by atoms with Crippen molar-refractivity contribution in [2.45, 2.75) is 23.5 Å². The molecule has 0 aliphatic carbocycles. The van der Waals surface area contributed by atoms with Gasteiger partial charge in [0.1, 0.15) is 6.04 Å². The van der Waals surface area contributed by atoms with E-state index in [0.717, 1.165) is 4.31 Å². The Morgan fingerprint density at radius 3 is 2.75 bits per heavy atom. The summed E-state index contributed by atoms with van der Waals surface area (Å²) in [6.07, 6.45) is -1.16. The third kappa shape index (κ3) is 2.51. The molecule has 20 heavy (non-hydrogen) atoms. The fraction of sp³-hybridized carbons (Fsp3) is 0.333. The highest BCUT2D eigenvalue weighted by molar-refractivity contribution is 7.89. The maximum absolute atomic E-state index is 12.4. The third-order valence-electron chi connectivity index (χ3n) is 3.09. The summed E-state index contributed by atoms with van der Waals surface area (Å²) in [6.45, 7) is -0.268. The molecule has 106 valence electrons. The predicted octanol–water partition coefficient (Wildman–Crippen LogP) is -0.233. The van der Waals surface area contributed by atoms with Crippen LogP contribution in [0, 0.1) is 11.3 Å². The second-order valence-corrected chi connectivity index (χ2v) is 6.35. The van der Waals surface area contributed by atoms with E-state index in [0.29, 0.717) is 0 Å². The van der Waals surface area contributed by atoms with Gasteiger partial charge in [-0.2, -0.15) is 9.57 Å². The Kier molecular flexibility index (Phi) is 3.76. The van der Waals surface area contributed by atoms with Gasteiger partial charge in [-0.25, -0.2) is 8.42 Å². The molecule has 2 rings (SSSR count). The monoisotopic (exact) mass is 296 g/mol. The molecule has 1 aromatic rings. The number of hydrogen-bond acceptors (Lipinski definition) is 5. The number of benzene rings is 1. The molecular formula is C12H12N2O5S. The van der Waals surface area contributed by atoms with E-state index in [1.165, 1.54) is 24.3 Å². The van der Waals surface area contributed by atoms with Crippen molar-refractivity contribution >= 4 is 16.0 Å². The van der Waals surface area contributed by atoms with Crippen LogP contribution >= 0.6 is 0 Å². The second kappa shape index (κ2) is 5.20. The number of carbonyl (C=O) groups is 1. The number of aliphatic carboxylic acids is 1. The Morgan fingerprint density at radius 2 is 2.15 bits per heavy atom. The van der Waals surface area contributed by atoms with Gasteiger partial charge in [0.05, 0.1) is 22.6 Å². The summed E-state index contributed by atoms with van der Waals surface area (Å²) in [6, 6.07) is 5.87. The number of nitriles is 1. The summed E-state index contributed by atoms with van der Waals surface area (Å²) in [5.74, 6) is -1.30. The van der Waals surface area contributed by atoms with Crippen LogP contribution in [0.2, 0.25) is 0 Å². The van der Waals surface area contributed by atoms with Crippen molar-refractivity contribution in [3.63, 3.8) is 0 Å². The van der Waals surface area contributed by atoms with Gasteiger partial charge >= 0.3 is 5.97 Å². The summed E-state index contributed by atoms with van der Waals surface area (Å²) in [4.78, 5) is 10.9. The normalized spacial score (nSPS) is 23.4. The van der Waals surface area contributed by atoms with Gasteiger partial charge < -0.3 is 10.2 Å². The molecule has 7 nitrogen and oxygen atoms in total. The quantitative estimate of drug-likeness (QED) is 0.795. The molecule has 1 heterocycles. The maximum atomic E-state index is 12.4. The van der Waals surface area contributed by atoms with Crippen LogP contribution in [0.25, 0.3) is 0 Å². The largest absolute Gasteiger partial charge is 0.480 e. The van der Waals surface area contributed by atoms with Crippen LogP contribution in [0.4, 0.5) is 0 Å². The smallest absolute Gasteiger partial charge is 0.322 e. The van der Waals surface area contributed by atoms with E-state index in [2.05, 4.69) is 0 Å². The first-order valence-electron chi connectivity index (χ1n) is 5.79. The van der Waals surface area contributed by atoms with Gasteiger partial charge in [0.25, 0.3) is 0 Å². The van der Waals surface area contributed by atoms with Crippen molar-refractivity contribution < 1.29 is 23.4 Å². The summed E-state index contributed by atoms with van der Waals surface area (Å²) in [5.41, 5.74) is 0.165. The van der Waals surface area contributed by atoms with Crippen LogP contribution in [-0.4, -0.2) is 47.6 Å². The number of nitrogens with zero attached hydrogens (tertiary/aromatic N) is 2. The first-order chi connectivity index (χ1) is 9.36. The molecule has 1 aromatic carbocycles. The molecule has 8 heteroatoms. The average molecular weight is 296 g/mol. The molecule has 2 N–H and O–H groups in total. The van der Waals surface area contributed by atoms with Gasteiger partial charge in [0, 0.05) is 13.0 Å². The van der Waals surface area contributed by atoms with Gasteiger partial charge in [-0.05, 0) is 18.2 Å². The standard InChI is InChI=1S/C12H12N2O5S/c13-6-8-2-1-3-10(4-8)20(18,19)14-7-9(15)5-11(14)12(16)17/h1-4,9,11,15H,5,7H2,(H,16,17)/t9-,11+/m1/s1. The highest BCUT2D eigenvalue weighted by Crippen LogP contribution is 2.26. The first kappa shape index (κ1) is 14.5. The van der Waals surface area contributed by atoms with E-state index in [9.17, 15) is 18.3 Å². The second-order valence-electron chi connectivity index (χ2n) is 4.46. The van der Waals surface area contributed by atoms with Crippen molar-refractivity contribution in [3.05, 3.63) is 29.8 Å². The van der Waals surface area contributed by atoms with Crippen LogP contribution in [0.5, 0.6) is 0 Å². The minimum atomic E-state index is -4.06. The van der Waals surface area contributed by atoms with E-state index in [4.69, 9.17) is 10.4 Å². The molecule has 0 saturated carbocycles. The SMILES string of the molecule is N#Cc1cccc(S(=O)(=O)N2C[C@H](O)C[C@H]2C(=O)O)c1. The van der Waals surface area contributed by atoms with Crippen LogP contribution < -0.4 is 0 Å². The van der Waals surface area contributed by atoms with Crippen molar-refractivity contribution in [1.82, 2.24) is 4.31 Å². The minimum Gasteiger partial charge on any atom is -0.480 e. The first-order valence-corrected chi connectivity index (χ1v) is 7.23. The Morgan fingerprint density at radius 1 is 1.45 bits per heavy atom. The van der Waals surface area contributed by atoms with E-state index in [1.807, 2.05) is 6.07 Å². The van der Waals surface area contributed by atoms with Crippen molar-refractivity contribution in [1.29, 1.82) is 5.26 Å². The average Bonchev–Trinajstić information content (AvgIpc) is 2.82. The molecule has 0 amide bonds. The Labute approximate surface area is 115 Å². The number of aliphatic hydroxyl groups excluding tert-OH is 1. The molecule has 0 radical (unpaired) electrons. The summed E-state index contributed by atoms with van der Waals surface area (Å²) in [5, 5.41) is 27.3. The topological polar surface area (TPSA) is 119 Å². The molecular weight excluding hydrogens is 284 g/mol. The zero-order chi connectivity index (χ0) is 14.9. The lowest BCUT2D eigenvalue weighted by Crippen LogP contribution is -2.40. The highest BCUT2D eigenvalue weighted by Gasteiger charge is 2.43. The molecule has 1 saturated heterocycles. The predicted molar refractivity (Wildman–Crippen MR) is 67.1 cm³/mol. The van der Waals surface area contributed by atoms with Crippen LogP contribution in [0.1, 0.15) is 12.0 Å². The molecule has 1 aliphatic rings. The lowest BCUT2D eigenvalue weighted by Gasteiger charge is -2.20. The molecule has 0 bridgehead atoms. The van der Waals surface area contributed by atoms with Crippen molar-refractivity contribution in [2.24, 2.45) is 0 Å². The zero-order valence-corrected chi connectivity index (χ0v) is 11.1. The number of carboxylic acids is 1. The molecule has 0 aromatic heterocycles. The Hall–Kier alpha value is -1.95. The molecule has 0 unspecified atom stereocenters. The number of rotatable bonds is 3. The lowest BCUT2D eigenvalue weighted by atomic mass is 10.2. The van der Waals surface area contributed by atoms with E-state index in [-0.39, 0.29) is 23.4 Å². The molecule has 1 fully saturated rings. The molecule has 0 spiro atoms. The number of hydrogen-bond donors (Lipinski definition) is 2. The van der Waals surface area contributed by atoms with Crippen molar-refractivity contribution in [3.8, 4) is 6.07 Å². The maximum Gasteiger partial charge on any atom is 0.322 e. The fourth-order valence-electron chi connectivity index (χ4n) is 2.14. The van der Waals surface area contributed by atoms with E-state index >= 15 is 0 Å². The van der Waals surface area contributed by atoms with Crippen LogP contribution in [-0.2, 0) is 14.8 Å². The minimum absolute atomic E-state index is 0.146. The summed E-state index contributed by atoms with van der Waals surface area (Å²) >= 11 is 0. The summed E-state index contributed by atoms with van der Waals surface area (Å²) < 4.78 is 25.6. The highest BCUT2D eigenvalue weighted by atomic mass is 32.2. The van der Waals surface area contributed by atoms with Gasteiger partial charge in [-0.1, -0.05) is 6.07 Å². The van der Waals surface area contributed by atoms with Crippen molar-refractivity contribution in [2.75, 3.05) is 6.54 Å². The number of carboxylic acid groups (broad SMARTS) is 1. The van der Waals surface area contributed by atoms with E-state index in [1.54, 1.807) is 0 Å². The molecule has 2 atom stereocenters. The number of β-amino-alcohol motifs (C(OH)–C–C–N with tert-alkyl or cyclic N) is 1. The van der Waals surface area contributed by atoms with Gasteiger partial charge in [0.15, 0.2) is 0 Å². The number of sulfonamides is 1.